The maximum Gasteiger partial charge on any atom is 0.335 e. The van der Waals surface area contributed by atoms with Crippen LogP contribution in [0, 0.1) is 11.3 Å². The van der Waals surface area contributed by atoms with E-state index in [-0.39, 0.29) is 12.5 Å². The van der Waals surface area contributed by atoms with Crippen LogP contribution in [0.5, 0.6) is 0 Å². The highest BCUT2D eigenvalue weighted by Crippen LogP contribution is 2.48. The van der Waals surface area contributed by atoms with Crippen LogP contribution in [0.25, 0.3) is 0 Å². The zero-order valence-corrected chi connectivity index (χ0v) is 15.5. The number of ether oxygens (including phenoxy) is 2. The Morgan fingerprint density at radius 1 is 1.09 bits per heavy atom. The largest absolute Gasteiger partial charge is 0.463 e. The molecule has 0 aromatic heterocycles. The maximum absolute atomic E-state index is 12.6. The van der Waals surface area contributed by atoms with Crippen molar-refractivity contribution in [2.75, 3.05) is 13.2 Å². The van der Waals surface area contributed by atoms with E-state index in [1.54, 1.807) is 6.92 Å². The SMILES string of the molecule is CCCOC(=O)C1=C(C(=O)OCC)C(C)(C)C(C)=C(CC)C1C. The minimum atomic E-state index is -0.537. The number of allylic oxidation sites excluding steroid dienone is 2. The average molecular weight is 322 g/mol. The molecule has 0 N–H and O–H groups in total. The van der Waals surface area contributed by atoms with E-state index in [4.69, 9.17) is 9.47 Å². The van der Waals surface area contributed by atoms with Crippen LogP contribution in [0.15, 0.2) is 22.3 Å². The summed E-state index contributed by atoms with van der Waals surface area (Å²) in [5.74, 6) is -0.937. The van der Waals surface area contributed by atoms with E-state index in [1.807, 2.05) is 34.6 Å². The summed E-state index contributed by atoms with van der Waals surface area (Å²) in [5.41, 5.74) is 2.71. The molecule has 4 nitrogen and oxygen atoms in total. The van der Waals surface area contributed by atoms with Crippen LogP contribution in [0.4, 0.5) is 0 Å². The van der Waals surface area contributed by atoms with Gasteiger partial charge in [0.15, 0.2) is 0 Å². The Morgan fingerprint density at radius 3 is 2.17 bits per heavy atom. The first-order chi connectivity index (χ1) is 10.7. The van der Waals surface area contributed by atoms with Gasteiger partial charge >= 0.3 is 11.9 Å². The van der Waals surface area contributed by atoms with Gasteiger partial charge in [-0.1, -0.05) is 45.8 Å². The second-order valence-electron chi connectivity index (χ2n) is 6.50. The third-order valence-electron chi connectivity index (χ3n) is 4.79. The van der Waals surface area contributed by atoms with Crippen LogP contribution in [0.1, 0.15) is 61.3 Å². The Labute approximate surface area is 139 Å². The lowest BCUT2D eigenvalue weighted by Crippen LogP contribution is -2.35. The molecule has 0 bridgehead atoms. The molecule has 0 saturated carbocycles. The van der Waals surface area contributed by atoms with Crippen LogP contribution >= 0.6 is 0 Å². The van der Waals surface area contributed by atoms with E-state index >= 15 is 0 Å². The number of rotatable bonds is 6. The Morgan fingerprint density at radius 2 is 1.70 bits per heavy atom. The zero-order chi connectivity index (χ0) is 17.8. The highest BCUT2D eigenvalue weighted by atomic mass is 16.5. The van der Waals surface area contributed by atoms with E-state index in [9.17, 15) is 9.59 Å². The fourth-order valence-electron chi connectivity index (χ4n) is 3.33. The molecular formula is C19H30O4. The van der Waals surface area contributed by atoms with Gasteiger partial charge in [-0.05, 0) is 26.7 Å². The molecule has 1 atom stereocenters. The van der Waals surface area contributed by atoms with Crippen molar-refractivity contribution < 1.29 is 19.1 Å². The fraction of sp³-hybridized carbons (Fsp3) is 0.684. The van der Waals surface area contributed by atoms with Gasteiger partial charge in [0.2, 0.25) is 0 Å². The van der Waals surface area contributed by atoms with E-state index in [1.165, 1.54) is 5.57 Å². The van der Waals surface area contributed by atoms with Crippen LogP contribution in [0.3, 0.4) is 0 Å². The molecule has 0 aliphatic heterocycles. The molecule has 0 fully saturated rings. The summed E-state index contributed by atoms with van der Waals surface area (Å²) >= 11 is 0. The van der Waals surface area contributed by atoms with Gasteiger partial charge < -0.3 is 9.47 Å². The van der Waals surface area contributed by atoms with Crippen LogP contribution < -0.4 is 0 Å². The monoisotopic (exact) mass is 322 g/mol. The third-order valence-corrected chi connectivity index (χ3v) is 4.79. The van der Waals surface area contributed by atoms with Crippen molar-refractivity contribution in [1.82, 2.24) is 0 Å². The summed E-state index contributed by atoms with van der Waals surface area (Å²) in [6.45, 7) is 14.4. The normalized spacial score (nSPS) is 20.6. The van der Waals surface area contributed by atoms with Gasteiger partial charge in [0, 0.05) is 11.3 Å². The maximum atomic E-state index is 12.6. The van der Waals surface area contributed by atoms with E-state index < -0.39 is 17.4 Å². The van der Waals surface area contributed by atoms with Crippen molar-refractivity contribution >= 4 is 11.9 Å². The second-order valence-corrected chi connectivity index (χ2v) is 6.50. The fourth-order valence-corrected chi connectivity index (χ4v) is 3.33. The standard InChI is InChI=1S/C19H30O4/c1-8-11-23-17(20)15-12(4)14(9-2)13(5)19(6,7)16(15)18(21)22-10-3/h12H,8-11H2,1-7H3. The van der Waals surface area contributed by atoms with Crippen LogP contribution in [-0.2, 0) is 19.1 Å². The Bertz CT molecular complexity index is 538. The number of carbonyl (C=O) groups is 2. The molecule has 130 valence electrons. The molecule has 1 aliphatic rings. The molecule has 0 heterocycles. The Hall–Kier alpha value is -1.58. The molecule has 0 amide bonds. The first kappa shape index (κ1) is 19.5. The quantitative estimate of drug-likeness (QED) is 0.543. The lowest BCUT2D eigenvalue weighted by atomic mass is 9.65. The molecule has 0 radical (unpaired) electrons. The van der Waals surface area contributed by atoms with Gasteiger partial charge in [0.1, 0.15) is 0 Å². The lowest BCUT2D eigenvalue weighted by Gasteiger charge is -2.39. The minimum absolute atomic E-state index is 0.128. The van der Waals surface area contributed by atoms with Gasteiger partial charge in [-0.25, -0.2) is 9.59 Å². The molecular weight excluding hydrogens is 292 g/mol. The van der Waals surface area contributed by atoms with Crippen molar-refractivity contribution in [3.63, 3.8) is 0 Å². The first-order valence-corrected chi connectivity index (χ1v) is 8.52. The molecule has 0 aromatic rings. The summed E-state index contributed by atoms with van der Waals surface area (Å²) in [6.07, 6.45) is 1.60. The topological polar surface area (TPSA) is 52.6 Å². The molecule has 1 unspecified atom stereocenters. The van der Waals surface area contributed by atoms with Crippen molar-refractivity contribution in [2.45, 2.75) is 61.3 Å². The molecule has 0 spiro atoms. The summed E-state index contributed by atoms with van der Waals surface area (Å²) in [4.78, 5) is 25.2. The van der Waals surface area contributed by atoms with E-state index in [0.29, 0.717) is 17.8 Å². The second kappa shape index (κ2) is 7.80. The highest BCUT2D eigenvalue weighted by molar-refractivity contribution is 6.03. The smallest absolute Gasteiger partial charge is 0.335 e. The molecule has 4 heteroatoms. The molecule has 0 aromatic carbocycles. The number of carbonyl (C=O) groups excluding carboxylic acids is 2. The van der Waals surface area contributed by atoms with Gasteiger partial charge in [0.05, 0.1) is 24.4 Å². The van der Waals surface area contributed by atoms with Gasteiger partial charge in [-0.3, -0.25) is 0 Å². The van der Waals surface area contributed by atoms with Crippen molar-refractivity contribution in [3.8, 4) is 0 Å². The minimum Gasteiger partial charge on any atom is -0.463 e. The number of hydrogen-bond donors (Lipinski definition) is 0. The Balaban J connectivity index is 3.50. The molecule has 23 heavy (non-hydrogen) atoms. The number of esters is 2. The van der Waals surface area contributed by atoms with Crippen molar-refractivity contribution in [2.24, 2.45) is 11.3 Å². The highest BCUT2D eigenvalue weighted by Gasteiger charge is 2.44. The number of hydrogen-bond acceptors (Lipinski definition) is 4. The predicted molar refractivity (Wildman–Crippen MR) is 90.8 cm³/mol. The third kappa shape index (κ3) is 3.67. The predicted octanol–water partition coefficient (Wildman–Crippen LogP) is 4.20. The molecule has 1 rings (SSSR count). The summed E-state index contributed by atoms with van der Waals surface area (Å²) in [6, 6.07) is 0. The van der Waals surface area contributed by atoms with E-state index in [0.717, 1.165) is 18.4 Å². The van der Waals surface area contributed by atoms with Crippen molar-refractivity contribution in [3.05, 3.63) is 22.3 Å². The molecule has 0 saturated heterocycles. The zero-order valence-electron chi connectivity index (χ0n) is 15.5. The lowest BCUT2D eigenvalue weighted by molar-refractivity contribution is -0.143. The Kier molecular flexibility index (Phi) is 6.60. The van der Waals surface area contributed by atoms with Crippen LogP contribution in [0.2, 0.25) is 0 Å². The summed E-state index contributed by atoms with van der Waals surface area (Å²) < 4.78 is 10.6. The average Bonchev–Trinajstić information content (AvgIpc) is 2.49. The first-order valence-electron chi connectivity index (χ1n) is 8.52. The van der Waals surface area contributed by atoms with Gasteiger partial charge in [-0.15, -0.1) is 0 Å². The van der Waals surface area contributed by atoms with Gasteiger partial charge in [0.25, 0.3) is 0 Å². The summed E-state index contributed by atoms with van der Waals surface area (Å²) in [7, 11) is 0. The van der Waals surface area contributed by atoms with Crippen LogP contribution in [-0.4, -0.2) is 25.2 Å². The van der Waals surface area contributed by atoms with Crippen molar-refractivity contribution in [1.29, 1.82) is 0 Å². The van der Waals surface area contributed by atoms with E-state index in [2.05, 4.69) is 6.92 Å². The summed E-state index contributed by atoms with van der Waals surface area (Å²) in [5, 5.41) is 0. The van der Waals surface area contributed by atoms with Gasteiger partial charge in [-0.2, -0.15) is 0 Å². The molecule has 1 aliphatic carbocycles.